The van der Waals surface area contributed by atoms with Gasteiger partial charge in [0.05, 0.1) is 17.9 Å². The van der Waals surface area contributed by atoms with Crippen LogP contribution in [-0.4, -0.2) is 37.7 Å². The van der Waals surface area contributed by atoms with E-state index in [9.17, 15) is 8.42 Å². The van der Waals surface area contributed by atoms with Crippen LogP contribution in [0, 0.1) is 0 Å². The molecule has 0 saturated carbocycles. The summed E-state index contributed by atoms with van der Waals surface area (Å²) >= 11 is 1.63. The first-order chi connectivity index (χ1) is 9.67. The van der Waals surface area contributed by atoms with Gasteiger partial charge in [-0.15, -0.1) is 0 Å². The van der Waals surface area contributed by atoms with Crippen LogP contribution in [-0.2, 0) is 14.8 Å². The van der Waals surface area contributed by atoms with Crippen molar-refractivity contribution in [1.29, 1.82) is 0 Å². The van der Waals surface area contributed by atoms with Gasteiger partial charge in [-0.2, -0.15) is 15.6 Å². The number of rotatable bonds is 5. The lowest BCUT2D eigenvalue weighted by Crippen LogP contribution is -2.33. The van der Waals surface area contributed by atoms with E-state index in [2.05, 4.69) is 5.38 Å². The van der Waals surface area contributed by atoms with Crippen LogP contribution in [0.5, 0.6) is 0 Å². The Morgan fingerprint density at radius 2 is 2.25 bits per heavy atom. The lowest BCUT2D eigenvalue weighted by Gasteiger charge is -2.24. The Hall–Kier alpha value is -0.430. The zero-order valence-electron chi connectivity index (χ0n) is 11.5. The van der Waals surface area contributed by atoms with Gasteiger partial charge in [0, 0.05) is 13.2 Å². The van der Waals surface area contributed by atoms with E-state index in [4.69, 9.17) is 4.74 Å². The van der Waals surface area contributed by atoms with Crippen molar-refractivity contribution >= 4 is 21.4 Å². The SMILES string of the molecule is O=S(=O)(CC[C@H]1CCCO1)N1CCC[C@H]1c1ccsc1. The molecule has 2 fully saturated rings. The maximum atomic E-state index is 12.6. The summed E-state index contributed by atoms with van der Waals surface area (Å²) in [6, 6.07) is 2.10. The molecule has 0 amide bonds. The highest BCUT2D eigenvalue weighted by molar-refractivity contribution is 7.89. The number of thiophene rings is 1. The first-order valence-corrected chi connectivity index (χ1v) is 9.85. The fourth-order valence-corrected chi connectivity index (χ4v) is 5.66. The van der Waals surface area contributed by atoms with Gasteiger partial charge in [0.1, 0.15) is 0 Å². The average molecular weight is 315 g/mol. The van der Waals surface area contributed by atoms with Crippen LogP contribution in [0.2, 0.25) is 0 Å². The van der Waals surface area contributed by atoms with Crippen LogP contribution >= 0.6 is 11.3 Å². The molecule has 2 aliphatic heterocycles. The summed E-state index contributed by atoms with van der Waals surface area (Å²) in [6.45, 7) is 1.44. The smallest absolute Gasteiger partial charge is 0.214 e. The minimum Gasteiger partial charge on any atom is -0.378 e. The summed E-state index contributed by atoms with van der Waals surface area (Å²) < 4.78 is 32.4. The van der Waals surface area contributed by atoms with E-state index in [0.29, 0.717) is 13.0 Å². The highest BCUT2D eigenvalue weighted by Crippen LogP contribution is 2.35. The lowest BCUT2D eigenvalue weighted by atomic mass is 10.1. The first-order valence-electron chi connectivity index (χ1n) is 7.30. The van der Waals surface area contributed by atoms with Crippen molar-refractivity contribution in [2.24, 2.45) is 0 Å². The van der Waals surface area contributed by atoms with E-state index in [1.807, 2.05) is 11.4 Å². The third-order valence-electron chi connectivity index (χ3n) is 4.21. The Balaban J connectivity index is 1.66. The third kappa shape index (κ3) is 3.08. The van der Waals surface area contributed by atoms with Crippen LogP contribution in [0.3, 0.4) is 0 Å². The number of ether oxygens (including phenoxy) is 1. The lowest BCUT2D eigenvalue weighted by molar-refractivity contribution is 0.108. The second kappa shape index (κ2) is 6.13. The van der Waals surface area contributed by atoms with Crippen LogP contribution in [0.1, 0.15) is 43.7 Å². The van der Waals surface area contributed by atoms with E-state index in [0.717, 1.165) is 37.9 Å². The van der Waals surface area contributed by atoms with Gasteiger partial charge in [-0.1, -0.05) is 0 Å². The standard InChI is InChI=1S/C14H21NO3S2/c16-20(17,10-6-13-3-2-8-18-13)15-7-1-4-14(15)12-5-9-19-11-12/h5,9,11,13-14H,1-4,6-8,10H2/t13-,14+/m1/s1. The maximum Gasteiger partial charge on any atom is 0.214 e. The maximum absolute atomic E-state index is 12.6. The van der Waals surface area contributed by atoms with Crippen LogP contribution in [0.25, 0.3) is 0 Å². The Bertz CT molecular complexity index is 521. The zero-order valence-corrected chi connectivity index (χ0v) is 13.2. The average Bonchev–Trinajstić information content (AvgIpc) is 3.16. The van der Waals surface area contributed by atoms with Gasteiger partial charge in [0.25, 0.3) is 0 Å². The van der Waals surface area contributed by atoms with Gasteiger partial charge < -0.3 is 4.74 Å². The summed E-state index contributed by atoms with van der Waals surface area (Å²) in [5.74, 6) is 0.221. The molecule has 0 spiro atoms. The van der Waals surface area contributed by atoms with Gasteiger partial charge in [-0.05, 0) is 54.5 Å². The Morgan fingerprint density at radius 1 is 1.35 bits per heavy atom. The summed E-state index contributed by atoms with van der Waals surface area (Å²) in [6.07, 6.45) is 4.74. The molecule has 0 bridgehead atoms. The van der Waals surface area contributed by atoms with E-state index in [1.165, 1.54) is 0 Å². The Labute approximate surface area is 124 Å². The highest BCUT2D eigenvalue weighted by Gasteiger charge is 2.35. The number of sulfonamides is 1. The van der Waals surface area contributed by atoms with Crippen molar-refractivity contribution in [1.82, 2.24) is 4.31 Å². The topological polar surface area (TPSA) is 46.6 Å². The molecule has 3 heterocycles. The first kappa shape index (κ1) is 14.5. The summed E-state index contributed by atoms with van der Waals surface area (Å²) in [5.41, 5.74) is 1.15. The fourth-order valence-electron chi connectivity index (χ4n) is 3.14. The van der Waals surface area contributed by atoms with Gasteiger partial charge in [-0.3, -0.25) is 0 Å². The van der Waals surface area contributed by atoms with Crippen molar-refractivity contribution in [3.05, 3.63) is 22.4 Å². The minimum absolute atomic E-state index is 0.0516. The molecule has 0 N–H and O–H groups in total. The summed E-state index contributed by atoms with van der Waals surface area (Å²) in [4.78, 5) is 0. The van der Waals surface area contributed by atoms with Gasteiger partial charge in [0.15, 0.2) is 0 Å². The number of hydrogen-bond donors (Lipinski definition) is 0. The van der Waals surface area contributed by atoms with Crippen molar-refractivity contribution in [2.75, 3.05) is 18.9 Å². The molecule has 0 radical (unpaired) electrons. The van der Waals surface area contributed by atoms with E-state index in [-0.39, 0.29) is 17.9 Å². The van der Waals surface area contributed by atoms with Crippen LogP contribution in [0.4, 0.5) is 0 Å². The molecule has 2 saturated heterocycles. The molecular formula is C14H21NO3S2. The molecule has 0 aliphatic carbocycles. The molecule has 3 rings (SSSR count). The molecule has 4 nitrogen and oxygen atoms in total. The Morgan fingerprint density at radius 3 is 2.95 bits per heavy atom. The van der Waals surface area contributed by atoms with Crippen LogP contribution in [0.15, 0.2) is 16.8 Å². The predicted molar refractivity (Wildman–Crippen MR) is 80.4 cm³/mol. The van der Waals surface area contributed by atoms with Crippen LogP contribution < -0.4 is 0 Å². The molecule has 1 aromatic rings. The monoisotopic (exact) mass is 315 g/mol. The van der Waals surface area contributed by atoms with Gasteiger partial charge >= 0.3 is 0 Å². The molecule has 2 aliphatic rings. The number of hydrogen-bond acceptors (Lipinski definition) is 4. The van der Waals surface area contributed by atoms with E-state index >= 15 is 0 Å². The minimum atomic E-state index is -3.16. The van der Waals surface area contributed by atoms with Gasteiger partial charge in [0.2, 0.25) is 10.0 Å². The Kier molecular flexibility index (Phi) is 4.45. The van der Waals surface area contributed by atoms with Crippen molar-refractivity contribution in [3.63, 3.8) is 0 Å². The van der Waals surface area contributed by atoms with Gasteiger partial charge in [-0.25, -0.2) is 8.42 Å². The highest BCUT2D eigenvalue weighted by atomic mass is 32.2. The van der Waals surface area contributed by atoms with Crippen molar-refractivity contribution in [2.45, 2.75) is 44.2 Å². The molecule has 2 atom stereocenters. The largest absolute Gasteiger partial charge is 0.378 e. The molecule has 6 heteroatoms. The zero-order chi connectivity index (χ0) is 14.0. The molecule has 0 aromatic carbocycles. The van der Waals surface area contributed by atoms with E-state index < -0.39 is 10.0 Å². The quantitative estimate of drug-likeness (QED) is 0.839. The second-order valence-electron chi connectivity index (χ2n) is 5.57. The molecule has 1 aromatic heterocycles. The molecule has 0 unspecified atom stereocenters. The predicted octanol–water partition coefficient (Wildman–Crippen LogP) is 2.78. The van der Waals surface area contributed by atoms with Crippen molar-refractivity contribution < 1.29 is 13.2 Å². The normalized spacial score (nSPS) is 28.2. The fraction of sp³-hybridized carbons (Fsp3) is 0.714. The second-order valence-corrected chi connectivity index (χ2v) is 8.39. The molecule has 20 heavy (non-hydrogen) atoms. The summed E-state index contributed by atoms with van der Waals surface area (Å²) in [5, 5.41) is 4.09. The van der Waals surface area contributed by atoms with E-state index in [1.54, 1.807) is 15.6 Å². The summed E-state index contributed by atoms with van der Waals surface area (Å²) in [7, 11) is -3.16. The number of nitrogens with zero attached hydrogens (tertiary/aromatic N) is 1. The third-order valence-corrected chi connectivity index (χ3v) is 6.82. The molecule has 112 valence electrons. The molecular weight excluding hydrogens is 294 g/mol. The van der Waals surface area contributed by atoms with Crippen molar-refractivity contribution in [3.8, 4) is 0 Å².